The molecule has 0 saturated heterocycles. The van der Waals surface area contributed by atoms with E-state index in [2.05, 4.69) is 39.6 Å². The van der Waals surface area contributed by atoms with Gasteiger partial charge in [-0.15, -0.1) is 0 Å². The van der Waals surface area contributed by atoms with E-state index in [0.29, 0.717) is 11.3 Å². The van der Waals surface area contributed by atoms with Gasteiger partial charge in [-0.1, -0.05) is 48.5 Å². The van der Waals surface area contributed by atoms with Crippen LogP contribution in [0.5, 0.6) is 0 Å². The highest BCUT2D eigenvalue weighted by Crippen LogP contribution is 2.47. The predicted molar refractivity (Wildman–Crippen MR) is 125 cm³/mol. The number of rotatable bonds is 3. The molecule has 0 radical (unpaired) electrons. The Labute approximate surface area is 184 Å². The molecule has 0 saturated carbocycles. The van der Waals surface area contributed by atoms with Crippen LogP contribution in [0.3, 0.4) is 0 Å². The molecule has 1 aliphatic rings. The Balaban J connectivity index is 1.48. The van der Waals surface area contributed by atoms with Crippen LogP contribution in [-0.4, -0.2) is 20.9 Å². The monoisotopic (exact) mass is 417 g/mol. The number of nitrogens with zero attached hydrogens (tertiary/aromatic N) is 2. The lowest BCUT2D eigenvalue weighted by Crippen LogP contribution is -2.28. The maximum atomic E-state index is 13.1. The number of aromatic amines is 1. The van der Waals surface area contributed by atoms with Crippen LogP contribution < -0.4 is 11.1 Å². The van der Waals surface area contributed by atoms with Gasteiger partial charge in [0.2, 0.25) is 0 Å². The van der Waals surface area contributed by atoms with Gasteiger partial charge in [-0.05, 0) is 46.5 Å². The fraction of sp³-hybridized carbons (Fsp3) is 0.0385. The van der Waals surface area contributed by atoms with Gasteiger partial charge >= 0.3 is 0 Å². The molecule has 0 unspecified atom stereocenters. The Morgan fingerprint density at radius 3 is 2.62 bits per heavy atom. The molecule has 2 aromatic heterocycles. The van der Waals surface area contributed by atoms with Crippen molar-refractivity contribution in [3.63, 3.8) is 0 Å². The predicted octanol–water partition coefficient (Wildman–Crippen LogP) is 4.71. The van der Waals surface area contributed by atoms with Crippen molar-refractivity contribution in [3.05, 3.63) is 102 Å². The zero-order valence-corrected chi connectivity index (χ0v) is 17.0. The summed E-state index contributed by atoms with van der Waals surface area (Å²) in [7, 11) is 0. The zero-order chi connectivity index (χ0) is 21.7. The van der Waals surface area contributed by atoms with Gasteiger partial charge in [0.25, 0.3) is 5.91 Å². The van der Waals surface area contributed by atoms with Gasteiger partial charge in [0.05, 0.1) is 23.3 Å². The second-order valence-electron chi connectivity index (χ2n) is 7.87. The van der Waals surface area contributed by atoms with E-state index in [4.69, 9.17) is 10.7 Å². The fourth-order valence-corrected chi connectivity index (χ4v) is 4.49. The number of fused-ring (bicyclic) bond motifs is 4. The number of imidazole rings is 1. The highest BCUT2D eigenvalue weighted by atomic mass is 16.1. The summed E-state index contributed by atoms with van der Waals surface area (Å²) in [6.07, 6.45) is 3.51. The number of hydrogen-bond acceptors (Lipinski definition) is 4. The van der Waals surface area contributed by atoms with Gasteiger partial charge in [-0.2, -0.15) is 0 Å². The lowest BCUT2D eigenvalue weighted by molar-refractivity contribution is 0.0943. The van der Waals surface area contributed by atoms with Crippen molar-refractivity contribution >= 4 is 22.6 Å². The summed E-state index contributed by atoms with van der Waals surface area (Å²) in [5.74, 6) is 0.618. The van der Waals surface area contributed by atoms with E-state index in [1.807, 2.05) is 24.3 Å². The summed E-state index contributed by atoms with van der Waals surface area (Å²) in [4.78, 5) is 25.4. The number of aromatic nitrogens is 3. The van der Waals surface area contributed by atoms with E-state index < -0.39 is 0 Å². The van der Waals surface area contributed by atoms with Crippen molar-refractivity contribution in [1.82, 2.24) is 20.3 Å². The van der Waals surface area contributed by atoms with Crippen molar-refractivity contribution in [2.24, 2.45) is 0 Å². The Morgan fingerprint density at radius 1 is 0.938 bits per heavy atom. The van der Waals surface area contributed by atoms with Gasteiger partial charge in [0.15, 0.2) is 0 Å². The topological polar surface area (TPSA) is 96.7 Å². The van der Waals surface area contributed by atoms with E-state index in [-0.39, 0.29) is 11.9 Å². The average Bonchev–Trinajstić information content (AvgIpc) is 3.39. The largest absolute Gasteiger partial charge is 0.399 e. The molecular weight excluding hydrogens is 398 g/mol. The van der Waals surface area contributed by atoms with Crippen LogP contribution in [0.1, 0.15) is 27.5 Å². The molecule has 6 heteroatoms. The fourth-order valence-electron chi connectivity index (χ4n) is 4.49. The first-order chi connectivity index (χ1) is 15.7. The number of H-pyrrole nitrogens is 1. The number of nitrogens with two attached hydrogens (primary N) is 1. The van der Waals surface area contributed by atoms with Crippen LogP contribution in [-0.2, 0) is 0 Å². The number of carbonyl (C=O) groups is 1. The van der Waals surface area contributed by atoms with Crippen molar-refractivity contribution in [2.75, 3.05) is 5.73 Å². The third-order valence-electron chi connectivity index (χ3n) is 5.91. The van der Waals surface area contributed by atoms with Crippen LogP contribution in [0.4, 0.5) is 5.69 Å². The van der Waals surface area contributed by atoms with Gasteiger partial charge in [0, 0.05) is 23.0 Å². The third kappa shape index (κ3) is 2.85. The summed E-state index contributed by atoms with van der Waals surface area (Å²) in [5.41, 5.74) is 14.0. The number of nitrogen functional groups attached to an aromatic ring is 1. The van der Waals surface area contributed by atoms with Gasteiger partial charge in [-0.25, -0.2) is 4.98 Å². The van der Waals surface area contributed by atoms with Crippen LogP contribution in [0, 0.1) is 0 Å². The normalized spacial score (nSPS) is 14.2. The molecule has 1 atom stereocenters. The molecule has 0 aliphatic heterocycles. The SMILES string of the molecule is Nc1cccc(C(=O)N[C@@H]2c3ccccc3-c3c(-c4nc5ccncc5[nH]4)cccc32)c1. The van der Waals surface area contributed by atoms with Crippen LogP contribution in [0.25, 0.3) is 33.5 Å². The standard InChI is InChI=1S/C26H19N5O/c27-16-6-3-5-15(13-16)26(32)31-24-18-8-2-1-7-17(18)23-19(24)9-4-10-20(23)25-29-21-11-12-28-14-22(21)30-25/h1-14,24H,27H2,(H,29,30)(H,31,32)/t24-/m1/s1. The Kier molecular flexibility index (Phi) is 4.04. The smallest absolute Gasteiger partial charge is 0.252 e. The van der Waals surface area contributed by atoms with E-state index in [1.54, 1.807) is 36.7 Å². The van der Waals surface area contributed by atoms with E-state index in [0.717, 1.165) is 44.7 Å². The Hall–Kier alpha value is -4.45. The maximum Gasteiger partial charge on any atom is 0.252 e. The van der Waals surface area contributed by atoms with Gasteiger partial charge in [-0.3, -0.25) is 9.78 Å². The molecule has 6 nitrogen and oxygen atoms in total. The number of anilines is 1. The molecule has 4 N–H and O–H groups in total. The van der Waals surface area contributed by atoms with Crippen molar-refractivity contribution in [3.8, 4) is 22.5 Å². The Bertz CT molecular complexity index is 1470. The summed E-state index contributed by atoms with van der Waals surface area (Å²) in [5, 5.41) is 3.20. The van der Waals surface area contributed by atoms with E-state index >= 15 is 0 Å². The minimum Gasteiger partial charge on any atom is -0.399 e. The molecule has 0 fully saturated rings. The maximum absolute atomic E-state index is 13.1. The number of nitrogens with one attached hydrogen (secondary N) is 2. The van der Waals surface area contributed by atoms with Crippen molar-refractivity contribution in [1.29, 1.82) is 0 Å². The summed E-state index contributed by atoms with van der Waals surface area (Å²) in [6, 6.07) is 22.9. The molecule has 1 amide bonds. The number of hydrogen-bond donors (Lipinski definition) is 3. The highest BCUT2D eigenvalue weighted by Gasteiger charge is 2.32. The molecule has 0 spiro atoms. The lowest BCUT2D eigenvalue weighted by atomic mass is 9.98. The van der Waals surface area contributed by atoms with Crippen molar-refractivity contribution in [2.45, 2.75) is 6.04 Å². The first-order valence-corrected chi connectivity index (χ1v) is 10.4. The first-order valence-electron chi connectivity index (χ1n) is 10.4. The van der Waals surface area contributed by atoms with Crippen molar-refractivity contribution < 1.29 is 4.79 Å². The Morgan fingerprint density at radius 2 is 1.75 bits per heavy atom. The zero-order valence-electron chi connectivity index (χ0n) is 17.0. The molecule has 6 rings (SSSR count). The first kappa shape index (κ1) is 18.3. The van der Waals surface area contributed by atoms with E-state index in [9.17, 15) is 4.79 Å². The molecule has 5 aromatic rings. The molecule has 1 aliphatic carbocycles. The lowest BCUT2D eigenvalue weighted by Gasteiger charge is -2.16. The van der Waals surface area contributed by atoms with Crippen LogP contribution >= 0.6 is 0 Å². The van der Waals surface area contributed by atoms with Crippen LogP contribution in [0.15, 0.2) is 85.2 Å². The minimum atomic E-state index is -0.263. The summed E-state index contributed by atoms with van der Waals surface area (Å²) in [6.45, 7) is 0. The molecule has 0 bridgehead atoms. The average molecular weight is 417 g/mol. The second-order valence-corrected chi connectivity index (χ2v) is 7.87. The number of carbonyl (C=O) groups excluding carboxylic acids is 1. The van der Waals surface area contributed by atoms with E-state index in [1.165, 1.54) is 0 Å². The summed E-state index contributed by atoms with van der Waals surface area (Å²) < 4.78 is 0. The molecular formula is C26H19N5O. The molecule has 32 heavy (non-hydrogen) atoms. The second kappa shape index (κ2) is 7.06. The molecule has 2 heterocycles. The van der Waals surface area contributed by atoms with Gasteiger partial charge < -0.3 is 16.0 Å². The molecule has 154 valence electrons. The molecule has 3 aromatic carbocycles. The number of amides is 1. The highest BCUT2D eigenvalue weighted by molar-refractivity contribution is 5.98. The minimum absolute atomic E-state index is 0.162. The van der Waals surface area contributed by atoms with Crippen LogP contribution in [0.2, 0.25) is 0 Å². The van der Waals surface area contributed by atoms with Gasteiger partial charge in [0.1, 0.15) is 5.82 Å². The third-order valence-corrected chi connectivity index (χ3v) is 5.91. The quantitative estimate of drug-likeness (QED) is 0.371. The number of pyridine rings is 1. The summed E-state index contributed by atoms with van der Waals surface area (Å²) >= 11 is 0. The number of benzene rings is 3.